The number of guanidine groups is 1. The molecule has 2 N–H and O–H groups in total. The molecule has 0 saturated heterocycles. The molecule has 0 amide bonds. The highest BCUT2D eigenvalue weighted by Crippen LogP contribution is 2.20. The molecule has 2 rings (SSSR count). The Kier molecular flexibility index (Phi) is 12.2. The van der Waals surface area contributed by atoms with Crippen LogP contribution in [0, 0.1) is 13.8 Å². The summed E-state index contributed by atoms with van der Waals surface area (Å²) < 4.78 is 16.3. The highest BCUT2D eigenvalue weighted by molar-refractivity contribution is 14.0. The summed E-state index contributed by atoms with van der Waals surface area (Å²) in [5.41, 5.74) is 4.61. The minimum absolute atomic E-state index is 0. The van der Waals surface area contributed by atoms with Gasteiger partial charge in [0.25, 0.3) is 0 Å². The Balaban J connectivity index is 0.00000450. The molecule has 0 unspecified atom stereocenters. The molecule has 0 radical (unpaired) electrons. The Hall–Kier alpha value is -2.00. The third-order valence-corrected chi connectivity index (χ3v) is 4.62. The second-order valence-corrected chi connectivity index (χ2v) is 6.86. The molecule has 166 valence electrons. The van der Waals surface area contributed by atoms with Gasteiger partial charge in [0.15, 0.2) is 5.96 Å². The molecule has 0 atom stereocenters. The molecule has 0 aliphatic rings. The maximum absolute atomic E-state index is 5.86. The topological polar surface area (TPSA) is 64.1 Å². The van der Waals surface area contributed by atoms with Crippen molar-refractivity contribution in [1.82, 2.24) is 10.6 Å². The van der Waals surface area contributed by atoms with E-state index in [1.165, 1.54) is 5.56 Å². The average molecular weight is 527 g/mol. The van der Waals surface area contributed by atoms with Crippen molar-refractivity contribution in [2.24, 2.45) is 4.99 Å². The second kappa shape index (κ2) is 14.1. The summed E-state index contributed by atoms with van der Waals surface area (Å²) in [5, 5.41) is 6.72. The van der Waals surface area contributed by atoms with Gasteiger partial charge in [0.1, 0.15) is 18.1 Å². The second-order valence-electron chi connectivity index (χ2n) is 6.86. The van der Waals surface area contributed by atoms with E-state index in [0.29, 0.717) is 19.8 Å². The lowest BCUT2D eigenvalue weighted by Crippen LogP contribution is -2.38. The van der Waals surface area contributed by atoms with Crippen LogP contribution in [0.15, 0.2) is 41.4 Å². The normalized spacial score (nSPS) is 10.9. The third-order valence-electron chi connectivity index (χ3n) is 4.62. The molecule has 2 aromatic carbocycles. The average Bonchev–Trinajstić information content (AvgIpc) is 2.73. The van der Waals surface area contributed by atoms with Crippen molar-refractivity contribution in [2.45, 2.75) is 26.8 Å². The predicted octanol–water partition coefficient (Wildman–Crippen LogP) is 3.86. The standard InChI is InChI=1S/C23H33N3O3.HI/c1-17-6-9-20(22(14-17)29-13-12-27-4)16-26-23(24-3)25-11-10-19-8-7-18(2)21(15-19)28-5;/h6-9,14-15H,10-13,16H2,1-5H3,(H2,24,25,26);1H. The molecule has 30 heavy (non-hydrogen) atoms. The number of methoxy groups -OCH3 is 2. The van der Waals surface area contributed by atoms with Crippen LogP contribution in [-0.2, 0) is 17.7 Å². The number of benzene rings is 2. The zero-order chi connectivity index (χ0) is 21.1. The lowest BCUT2D eigenvalue weighted by Gasteiger charge is -2.15. The summed E-state index contributed by atoms with van der Waals surface area (Å²) in [4.78, 5) is 4.31. The number of halogens is 1. The minimum atomic E-state index is 0. The Morgan fingerprint density at radius 2 is 1.77 bits per heavy atom. The van der Waals surface area contributed by atoms with E-state index >= 15 is 0 Å². The molecule has 0 spiro atoms. The van der Waals surface area contributed by atoms with Crippen molar-refractivity contribution in [1.29, 1.82) is 0 Å². The zero-order valence-corrected chi connectivity index (χ0v) is 20.9. The summed E-state index contributed by atoms with van der Waals surface area (Å²) in [6, 6.07) is 12.5. The number of hydrogen-bond donors (Lipinski definition) is 2. The quantitative estimate of drug-likeness (QED) is 0.213. The van der Waals surface area contributed by atoms with Crippen LogP contribution in [-0.4, -0.2) is 47.0 Å². The molecule has 0 bridgehead atoms. The van der Waals surface area contributed by atoms with Crippen LogP contribution in [0.5, 0.6) is 11.5 Å². The highest BCUT2D eigenvalue weighted by atomic mass is 127. The van der Waals surface area contributed by atoms with Crippen molar-refractivity contribution in [3.63, 3.8) is 0 Å². The number of ether oxygens (including phenoxy) is 3. The van der Waals surface area contributed by atoms with Crippen molar-refractivity contribution in [3.05, 3.63) is 58.7 Å². The van der Waals surface area contributed by atoms with Crippen molar-refractivity contribution in [3.8, 4) is 11.5 Å². The first-order chi connectivity index (χ1) is 14.1. The summed E-state index contributed by atoms with van der Waals surface area (Å²) in [6.45, 7) is 6.59. The molecule has 0 saturated carbocycles. The summed E-state index contributed by atoms with van der Waals surface area (Å²) in [6.07, 6.45) is 0.882. The van der Waals surface area contributed by atoms with E-state index in [0.717, 1.165) is 47.1 Å². The lowest BCUT2D eigenvalue weighted by atomic mass is 10.1. The van der Waals surface area contributed by atoms with Gasteiger partial charge in [-0.1, -0.05) is 24.3 Å². The van der Waals surface area contributed by atoms with Gasteiger partial charge in [0, 0.05) is 32.8 Å². The van der Waals surface area contributed by atoms with E-state index in [2.05, 4.69) is 52.9 Å². The maximum Gasteiger partial charge on any atom is 0.191 e. The third kappa shape index (κ3) is 8.39. The molecular formula is C23H34IN3O3. The zero-order valence-electron chi connectivity index (χ0n) is 18.6. The smallest absolute Gasteiger partial charge is 0.191 e. The largest absolute Gasteiger partial charge is 0.496 e. The van der Waals surface area contributed by atoms with Gasteiger partial charge in [0.05, 0.1) is 13.7 Å². The Labute approximate surface area is 197 Å². The van der Waals surface area contributed by atoms with Gasteiger partial charge in [-0.3, -0.25) is 4.99 Å². The first-order valence-electron chi connectivity index (χ1n) is 9.86. The van der Waals surface area contributed by atoms with Gasteiger partial charge in [0.2, 0.25) is 0 Å². The van der Waals surface area contributed by atoms with Crippen LogP contribution in [0.1, 0.15) is 22.3 Å². The molecule has 0 aliphatic heterocycles. The Morgan fingerprint density at radius 1 is 0.967 bits per heavy atom. The van der Waals surface area contributed by atoms with Crippen LogP contribution in [0.25, 0.3) is 0 Å². The van der Waals surface area contributed by atoms with Crippen LogP contribution >= 0.6 is 24.0 Å². The van der Waals surface area contributed by atoms with Crippen LogP contribution in [0.2, 0.25) is 0 Å². The first-order valence-corrected chi connectivity index (χ1v) is 9.86. The van der Waals surface area contributed by atoms with E-state index < -0.39 is 0 Å². The highest BCUT2D eigenvalue weighted by Gasteiger charge is 2.06. The van der Waals surface area contributed by atoms with E-state index in [9.17, 15) is 0 Å². The molecule has 0 aromatic heterocycles. The van der Waals surface area contributed by atoms with Gasteiger partial charge in [-0.15, -0.1) is 24.0 Å². The molecule has 0 aliphatic carbocycles. The number of rotatable bonds is 10. The summed E-state index contributed by atoms with van der Waals surface area (Å²) in [5.74, 6) is 2.55. The monoisotopic (exact) mass is 527 g/mol. The minimum Gasteiger partial charge on any atom is -0.496 e. The first kappa shape index (κ1) is 26.0. The van der Waals surface area contributed by atoms with Gasteiger partial charge in [-0.2, -0.15) is 0 Å². The van der Waals surface area contributed by atoms with E-state index in [1.807, 2.05) is 13.0 Å². The molecular weight excluding hydrogens is 493 g/mol. The Bertz CT molecular complexity index is 812. The Morgan fingerprint density at radius 3 is 2.47 bits per heavy atom. The maximum atomic E-state index is 5.86. The van der Waals surface area contributed by atoms with Crippen molar-refractivity contribution >= 4 is 29.9 Å². The van der Waals surface area contributed by atoms with Crippen LogP contribution < -0.4 is 20.1 Å². The van der Waals surface area contributed by atoms with E-state index in [4.69, 9.17) is 14.2 Å². The molecule has 6 nitrogen and oxygen atoms in total. The van der Waals surface area contributed by atoms with E-state index in [1.54, 1.807) is 21.3 Å². The fourth-order valence-electron chi connectivity index (χ4n) is 2.92. The van der Waals surface area contributed by atoms with Crippen molar-refractivity contribution in [2.75, 3.05) is 41.0 Å². The van der Waals surface area contributed by atoms with Crippen molar-refractivity contribution < 1.29 is 14.2 Å². The molecule has 7 heteroatoms. The summed E-state index contributed by atoms with van der Waals surface area (Å²) in [7, 11) is 5.15. The van der Waals surface area contributed by atoms with Crippen LogP contribution in [0.4, 0.5) is 0 Å². The fraction of sp³-hybridized carbons (Fsp3) is 0.435. The lowest BCUT2D eigenvalue weighted by molar-refractivity contribution is 0.145. The predicted molar refractivity (Wildman–Crippen MR) is 134 cm³/mol. The summed E-state index contributed by atoms with van der Waals surface area (Å²) >= 11 is 0. The van der Waals surface area contributed by atoms with Gasteiger partial charge in [-0.25, -0.2) is 0 Å². The number of aliphatic imine (C=N–C) groups is 1. The molecule has 0 fully saturated rings. The van der Waals surface area contributed by atoms with Gasteiger partial charge >= 0.3 is 0 Å². The number of nitrogens with zero attached hydrogens (tertiary/aromatic N) is 1. The number of aryl methyl sites for hydroxylation is 2. The molecule has 2 aromatic rings. The van der Waals surface area contributed by atoms with Crippen LogP contribution in [0.3, 0.4) is 0 Å². The molecule has 0 heterocycles. The number of hydrogen-bond acceptors (Lipinski definition) is 4. The number of nitrogens with one attached hydrogen (secondary N) is 2. The van der Waals surface area contributed by atoms with Gasteiger partial charge < -0.3 is 24.8 Å². The SMILES string of the molecule is CN=C(NCCc1ccc(C)c(OC)c1)NCc1ccc(C)cc1OCCOC.I. The fourth-order valence-corrected chi connectivity index (χ4v) is 2.92. The van der Waals surface area contributed by atoms with Gasteiger partial charge in [-0.05, 0) is 49.1 Å². The van der Waals surface area contributed by atoms with E-state index in [-0.39, 0.29) is 24.0 Å².